The Hall–Kier alpha value is -2.72. The van der Waals surface area contributed by atoms with Gasteiger partial charge in [0, 0.05) is 6.21 Å². The molecule has 7 N–H and O–H groups in total. The number of nitrogens with zero attached hydrogens (tertiary/aromatic N) is 1. The molecule has 110 valence electrons. The maximum atomic E-state index is 11.6. The van der Waals surface area contributed by atoms with Crippen LogP contribution in [-0.4, -0.2) is 29.7 Å². The van der Waals surface area contributed by atoms with Gasteiger partial charge in [-0.25, -0.2) is 18.5 Å². The topological polar surface area (TPSA) is 176 Å². The van der Waals surface area contributed by atoms with Crippen molar-refractivity contribution in [3.63, 3.8) is 0 Å². The average molecular weight is 309 g/mol. The van der Waals surface area contributed by atoms with Crippen LogP contribution < -0.4 is 16.4 Å². The van der Waals surface area contributed by atoms with Gasteiger partial charge in [-0.15, -0.1) is 0 Å². The predicted molar refractivity (Wildman–Crippen MR) is 75.6 cm³/mol. The van der Waals surface area contributed by atoms with Gasteiger partial charge in [0.2, 0.25) is 10.0 Å². The van der Waals surface area contributed by atoms with Gasteiger partial charge in [0.25, 0.3) is 5.56 Å². The molecule has 1 heterocycles. The Labute approximate surface area is 118 Å². The second kappa shape index (κ2) is 5.00. The number of aromatic amines is 1. The van der Waals surface area contributed by atoms with Crippen LogP contribution in [0.3, 0.4) is 0 Å². The number of benzene rings is 1. The highest BCUT2D eigenvalue weighted by atomic mass is 32.2. The summed E-state index contributed by atoms with van der Waals surface area (Å²) >= 11 is 0. The highest BCUT2D eigenvalue weighted by molar-refractivity contribution is 7.89. The minimum absolute atomic E-state index is 0.0540. The minimum Gasteiger partial charge on any atom is -0.507 e. The van der Waals surface area contributed by atoms with E-state index >= 15 is 0 Å². The molecule has 9 nitrogen and oxygen atoms in total. The van der Waals surface area contributed by atoms with Crippen LogP contribution in [0.25, 0.3) is 11.4 Å². The molecule has 0 radical (unpaired) electrons. The van der Waals surface area contributed by atoms with Gasteiger partial charge in [-0.2, -0.15) is 0 Å². The molecular weight excluding hydrogens is 298 g/mol. The summed E-state index contributed by atoms with van der Waals surface area (Å²) < 4.78 is 22.6. The summed E-state index contributed by atoms with van der Waals surface area (Å²) in [5.41, 5.74) is 4.32. The van der Waals surface area contributed by atoms with Gasteiger partial charge in [0.1, 0.15) is 23.0 Å². The number of phenolic OH excluding ortho intramolecular Hbond substituents is 1. The Morgan fingerprint density at radius 1 is 1.38 bits per heavy atom. The molecule has 0 aliphatic carbocycles. The van der Waals surface area contributed by atoms with Crippen LogP contribution in [0.2, 0.25) is 0 Å². The number of primary sulfonamides is 1. The normalized spacial score (nSPS) is 11.3. The highest BCUT2D eigenvalue weighted by Crippen LogP contribution is 2.28. The largest absolute Gasteiger partial charge is 0.507 e. The molecule has 0 fully saturated rings. The van der Waals surface area contributed by atoms with Crippen molar-refractivity contribution in [2.45, 2.75) is 4.90 Å². The number of phenols is 1. The lowest BCUT2D eigenvalue weighted by Gasteiger charge is -2.08. The Morgan fingerprint density at radius 2 is 2.05 bits per heavy atom. The number of aromatic nitrogens is 2. The molecule has 0 atom stereocenters. The number of hydrogen-bond acceptors (Lipinski definition) is 7. The molecule has 0 unspecified atom stereocenters. The van der Waals surface area contributed by atoms with Crippen molar-refractivity contribution in [3.8, 4) is 17.1 Å². The van der Waals surface area contributed by atoms with Crippen LogP contribution in [0, 0.1) is 5.41 Å². The quantitative estimate of drug-likeness (QED) is 0.471. The zero-order valence-corrected chi connectivity index (χ0v) is 11.3. The zero-order valence-electron chi connectivity index (χ0n) is 10.5. The zero-order chi connectivity index (χ0) is 15.8. The fourth-order valence-electron chi connectivity index (χ4n) is 1.62. The van der Waals surface area contributed by atoms with Gasteiger partial charge in [-0.1, -0.05) is 0 Å². The first-order chi connectivity index (χ1) is 9.74. The number of nitrogen functional groups attached to an aromatic ring is 1. The van der Waals surface area contributed by atoms with Crippen molar-refractivity contribution in [3.05, 3.63) is 34.2 Å². The number of nitrogens with two attached hydrogens (primary N) is 2. The van der Waals surface area contributed by atoms with E-state index in [0.29, 0.717) is 0 Å². The minimum atomic E-state index is -3.98. The Morgan fingerprint density at radius 3 is 2.62 bits per heavy atom. The first-order valence-corrected chi connectivity index (χ1v) is 7.05. The second-order valence-corrected chi connectivity index (χ2v) is 5.64. The van der Waals surface area contributed by atoms with Gasteiger partial charge < -0.3 is 21.2 Å². The molecule has 2 aromatic rings. The number of sulfonamides is 1. The molecule has 0 saturated carbocycles. The molecule has 1 aromatic carbocycles. The van der Waals surface area contributed by atoms with E-state index < -0.39 is 15.6 Å². The molecule has 21 heavy (non-hydrogen) atoms. The molecule has 0 saturated heterocycles. The number of H-pyrrole nitrogens is 1. The molecule has 0 bridgehead atoms. The van der Waals surface area contributed by atoms with E-state index in [2.05, 4.69) is 9.97 Å². The summed E-state index contributed by atoms with van der Waals surface area (Å²) in [6, 6.07) is 3.28. The molecule has 0 aliphatic heterocycles. The molecule has 0 spiro atoms. The fraction of sp³-hybridized carbons (Fsp3) is 0. The lowest BCUT2D eigenvalue weighted by molar-refractivity contribution is 0.476. The monoisotopic (exact) mass is 309 g/mol. The van der Waals surface area contributed by atoms with E-state index in [1.54, 1.807) is 0 Å². The van der Waals surface area contributed by atoms with Crippen LogP contribution in [0.5, 0.6) is 5.75 Å². The summed E-state index contributed by atoms with van der Waals surface area (Å²) in [6.07, 6.45) is 0.772. The third-order valence-corrected chi connectivity index (χ3v) is 3.58. The molecule has 10 heteroatoms. The van der Waals surface area contributed by atoms with E-state index in [-0.39, 0.29) is 33.4 Å². The van der Waals surface area contributed by atoms with Crippen LogP contribution in [0.15, 0.2) is 27.9 Å². The molecule has 0 amide bonds. The van der Waals surface area contributed by atoms with Gasteiger partial charge in [-0.05, 0) is 18.2 Å². The summed E-state index contributed by atoms with van der Waals surface area (Å²) in [4.78, 5) is 17.6. The van der Waals surface area contributed by atoms with Crippen molar-refractivity contribution in [2.24, 2.45) is 5.14 Å². The number of rotatable bonds is 3. The first kappa shape index (κ1) is 14.7. The van der Waals surface area contributed by atoms with Gasteiger partial charge in [0.15, 0.2) is 0 Å². The standard InChI is InChI=1S/C11H11N5O4S/c12-4-7-9(13)11(18)16-10(15-7)6-3-5(21(14,19)20)1-2-8(6)17/h1-4,12,17H,13H2,(H2,14,19,20)(H,15,16,18). The van der Waals surface area contributed by atoms with Crippen LogP contribution in [-0.2, 0) is 10.0 Å². The van der Waals surface area contributed by atoms with Gasteiger partial charge >= 0.3 is 0 Å². The van der Waals surface area contributed by atoms with Crippen molar-refractivity contribution in [2.75, 3.05) is 5.73 Å². The fourth-order valence-corrected chi connectivity index (χ4v) is 2.16. The number of anilines is 1. The highest BCUT2D eigenvalue weighted by Gasteiger charge is 2.15. The number of aromatic hydroxyl groups is 1. The number of hydrogen-bond donors (Lipinski definition) is 5. The summed E-state index contributed by atoms with van der Waals surface area (Å²) in [6.45, 7) is 0. The maximum Gasteiger partial charge on any atom is 0.275 e. The Balaban J connectivity index is 2.75. The van der Waals surface area contributed by atoms with Crippen molar-refractivity contribution in [1.29, 1.82) is 5.41 Å². The lowest BCUT2D eigenvalue weighted by Crippen LogP contribution is -2.17. The first-order valence-electron chi connectivity index (χ1n) is 5.50. The summed E-state index contributed by atoms with van der Waals surface area (Å²) in [5, 5.41) is 21.9. The van der Waals surface area contributed by atoms with Crippen molar-refractivity contribution >= 4 is 21.9 Å². The average Bonchev–Trinajstić information content (AvgIpc) is 2.41. The van der Waals surface area contributed by atoms with E-state index in [1.807, 2.05) is 0 Å². The SMILES string of the molecule is N=Cc1nc(-c2cc(S(N)(=O)=O)ccc2O)[nH]c(=O)c1N. The maximum absolute atomic E-state index is 11.6. The van der Waals surface area contributed by atoms with E-state index in [4.69, 9.17) is 16.3 Å². The van der Waals surface area contributed by atoms with E-state index in [1.165, 1.54) is 0 Å². The third kappa shape index (κ3) is 2.75. The van der Waals surface area contributed by atoms with E-state index in [0.717, 1.165) is 24.4 Å². The summed E-state index contributed by atoms with van der Waals surface area (Å²) in [5.74, 6) is -0.443. The number of nitrogens with one attached hydrogen (secondary N) is 2. The molecule has 2 rings (SSSR count). The molecular formula is C11H11N5O4S. The van der Waals surface area contributed by atoms with Crippen molar-refractivity contribution in [1.82, 2.24) is 9.97 Å². The lowest BCUT2D eigenvalue weighted by atomic mass is 10.2. The van der Waals surface area contributed by atoms with Gasteiger partial charge in [0.05, 0.1) is 10.5 Å². The van der Waals surface area contributed by atoms with Crippen LogP contribution >= 0.6 is 0 Å². The molecule has 0 aliphatic rings. The molecule has 1 aromatic heterocycles. The predicted octanol–water partition coefficient (Wildman–Crippen LogP) is -0.630. The van der Waals surface area contributed by atoms with E-state index in [9.17, 15) is 18.3 Å². The Kier molecular flexibility index (Phi) is 3.49. The Bertz CT molecular complexity index is 888. The smallest absolute Gasteiger partial charge is 0.275 e. The summed E-state index contributed by atoms with van der Waals surface area (Å²) in [7, 11) is -3.98. The van der Waals surface area contributed by atoms with Gasteiger partial charge in [-0.3, -0.25) is 4.79 Å². The van der Waals surface area contributed by atoms with Crippen LogP contribution in [0.1, 0.15) is 5.69 Å². The third-order valence-electron chi connectivity index (χ3n) is 2.67. The van der Waals surface area contributed by atoms with Crippen molar-refractivity contribution < 1.29 is 13.5 Å². The second-order valence-electron chi connectivity index (χ2n) is 4.08. The van der Waals surface area contributed by atoms with Crippen LogP contribution in [0.4, 0.5) is 5.69 Å².